The average Bonchev–Trinajstić information content (AvgIpc) is 3.94. The third kappa shape index (κ3) is 17.1. The highest BCUT2D eigenvalue weighted by atomic mass is 32.1. The Kier molecular flexibility index (Phi) is 21.4. The maximum Gasteiger partial charge on any atom is 0.219 e. The third-order valence-corrected chi connectivity index (χ3v) is 9.54. The van der Waals surface area contributed by atoms with E-state index in [1.54, 1.807) is 9.81 Å². The molecular weight excluding hydrogens is 723 g/mol. The van der Waals surface area contributed by atoms with Crippen molar-refractivity contribution in [3.8, 4) is 0 Å². The van der Waals surface area contributed by atoms with Crippen molar-refractivity contribution < 1.29 is 9.15 Å². The van der Waals surface area contributed by atoms with E-state index in [-0.39, 0.29) is 0 Å². The molecule has 0 saturated heterocycles. The van der Waals surface area contributed by atoms with Crippen molar-refractivity contribution in [2.24, 2.45) is 11.0 Å². The highest BCUT2D eigenvalue weighted by molar-refractivity contribution is 7.11. The van der Waals surface area contributed by atoms with Gasteiger partial charge in [-0.05, 0) is 65.9 Å². The first-order chi connectivity index (χ1) is 26.0. The normalized spacial score (nSPS) is 12.7. The van der Waals surface area contributed by atoms with Crippen molar-refractivity contribution >= 4 is 17.2 Å². The molecular formula is C42H75N11O2S. The highest BCUT2D eigenvalue weighted by Crippen LogP contribution is 2.26. The van der Waals surface area contributed by atoms with E-state index in [4.69, 9.17) is 9.15 Å². The second-order valence-electron chi connectivity index (χ2n) is 16.9. The lowest BCUT2D eigenvalue weighted by molar-refractivity contribution is 0.227. The molecule has 0 bridgehead atoms. The fourth-order valence-electron chi connectivity index (χ4n) is 4.14. The SMILES string of the molecule is C=C1OC(C(C)C)=NN1C(C)C.CC(C)c1cn(C(C)C)nn1.CC(C)c1cnc(C(C)C)s1.CC(C)c1cnn(C(C)C)n1.CC(C)c1nnc(C(C)C)o1. The largest absolute Gasteiger partial charge is 0.425 e. The molecule has 0 aliphatic carbocycles. The minimum atomic E-state index is 0.314. The van der Waals surface area contributed by atoms with Gasteiger partial charge in [-0.1, -0.05) is 102 Å². The lowest BCUT2D eigenvalue weighted by atomic mass is 10.2. The van der Waals surface area contributed by atoms with Crippen molar-refractivity contribution in [3.05, 3.63) is 64.1 Å². The van der Waals surface area contributed by atoms with E-state index in [2.05, 4.69) is 158 Å². The molecule has 13 nitrogen and oxygen atoms in total. The Bertz CT molecular complexity index is 1410. The number of aromatic nitrogens is 9. The summed E-state index contributed by atoms with van der Waals surface area (Å²) in [6.45, 7) is 45.7. The molecule has 4 aromatic rings. The van der Waals surface area contributed by atoms with Crippen molar-refractivity contribution in [3.63, 3.8) is 0 Å². The molecule has 0 amide bonds. The van der Waals surface area contributed by atoms with Crippen LogP contribution in [0.2, 0.25) is 0 Å². The summed E-state index contributed by atoms with van der Waals surface area (Å²) in [7, 11) is 0. The van der Waals surface area contributed by atoms with E-state index < -0.39 is 0 Å². The topological polar surface area (TPSA) is 138 Å². The van der Waals surface area contributed by atoms with Crippen LogP contribution >= 0.6 is 11.3 Å². The molecule has 0 saturated carbocycles. The molecule has 0 aromatic carbocycles. The molecule has 14 heteroatoms. The van der Waals surface area contributed by atoms with Gasteiger partial charge in [-0.15, -0.1) is 31.7 Å². The average molecular weight is 798 g/mol. The number of hydrogen-bond acceptors (Lipinski definition) is 12. The summed E-state index contributed by atoms with van der Waals surface area (Å²) in [5, 5.41) is 31.7. The Balaban J connectivity index is 0.000000350. The van der Waals surface area contributed by atoms with Crippen LogP contribution in [-0.2, 0) is 4.74 Å². The zero-order valence-electron chi connectivity index (χ0n) is 38.4. The van der Waals surface area contributed by atoms with Gasteiger partial charge in [0.05, 0.1) is 34.7 Å². The predicted molar refractivity (Wildman–Crippen MR) is 231 cm³/mol. The van der Waals surface area contributed by atoms with Crippen LogP contribution in [0.15, 0.2) is 40.6 Å². The summed E-state index contributed by atoms with van der Waals surface area (Å²) < 4.78 is 12.6. The Hall–Kier alpha value is -3.94. The van der Waals surface area contributed by atoms with Gasteiger partial charge in [0.1, 0.15) is 0 Å². The molecule has 0 radical (unpaired) electrons. The van der Waals surface area contributed by atoms with Crippen LogP contribution in [0.5, 0.6) is 0 Å². The lowest BCUT2D eigenvalue weighted by Gasteiger charge is -2.16. The van der Waals surface area contributed by atoms with E-state index in [0.717, 1.165) is 29.1 Å². The first-order valence-corrected chi connectivity index (χ1v) is 21.1. The molecule has 316 valence electrons. The van der Waals surface area contributed by atoms with Gasteiger partial charge >= 0.3 is 0 Å². The van der Waals surface area contributed by atoms with Crippen LogP contribution in [-0.4, -0.2) is 62.1 Å². The molecule has 5 rings (SSSR count). The number of hydrazone groups is 1. The van der Waals surface area contributed by atoms with Gasteiger partial charge < -0.3 is 9.15 Å². The van der Waals surface area contributed by atoms with Crippen LogP contribution in [0.1, 0.15) is 219 Å². The van der Waals surface area contributed by atoms with Gasteiger partial charge in [0, 0.05) is 47.0 Å². The Labute approximate surface area is 342 Å². The van der Waals surface area contributed by atoms with Gasteiger partial charge in [-0.3, -0.25) is 0 Å². The van der Waals surface area contributed by atoms with Crippen molar-refractivity contribution in [1.29, 1.82) is 0 Å². The molecule has 5 heterocycles. The lowest BCUT2D eigenvalue weighted by Crippen LogP contribution is -2.20. The molecule has 56 heavy (non-hydrogen) atoms. The van der Waals surface area contributed by atoms with Crippen LogP contribution in [0.3, 0.4) is 0 Å². The Morgan fingerprint density at radius 3 is 1.39 bits per heavy atom. The summed E-state index contributed by atoms with van der Waals surface area (Å²) in [4.78, 5) is 7.50. The number of nitrogens with zero attached hydrogens (tertiary/aromatic N) is 11. The predicted octanol–water partition coefficient (Wildman–Crippen LogP) is 11.8. The summed E-state index contributed by atoms with van der Waals surface area (Å²) in [6.07, 6.45) is 5.85. The van der Waals surface area contributed by atoms with E-state index in [1.165, 1.54) is 9.88 Å². The van der Waals surface area contributed by atoms with Gasteiger partial charge in [-0.25, -0.2) is 14.7 Å². The first kappa shape index (κ1) is 50.1. The maximum atomic E-state index is 5.38. The number of hydrogen-bond donors (Lipinski definition) is 0. The van der Waals surface area contributed by atoms with Gasteiger partial charge in [0.15, 0.2) is 0 Å². The van der Waals surface area contributed by atoms with E-state index >= 15 is 0 Å². The second-order valence-corrected chi connectivity index (χ2v) is 18.0. The van der Waals surface area contributed by atoms with Crippen LogP contribution in [0, 0.1) is 5.92 Å². The molecule has 4 aromatic heterocycles. The van der Waals surface area contributed by atoms with Crippen molar-refractivity contribution in [1.82, 2.24) is 50.2 Å². The van der Waals surface area contributed by atoms with Crippen molar-refractivity contribution in [2.45, 2.75) is 192 Å². The minimum absolute atomic E-state index is 0.314. The molecule has 0 atom stereocenters. The zero-order chi connectivity index (χ0) is 43.0. The van der Waals surface area contributed by atoms with Crippen LogP contribution in [0.4, 0.5) is 0 Å². The van der Waals surface area contributed by atoms with Gasteiger partial charge in [0.2, 0.25) is 23.6 Å². The number of thiazole rings is 1. The second kappa shape index (κ2) is 24.0. The summed E-state index contributed by atoms with van der Waals surface area (Å²) >= 11 is 1.84. The van der Waals surface area contributed by atoms with E-state index in [9.17, 15) is 0 Å². The monoisotopic (exact) mass is 798 g/mol. The molecule has 1 aliphatic heterocycles. The Morgan fingerprint density at radius 2 is 1.14 bits per heavy atom. The smallest absolute Gasteiger partial charge is 0.219 e. The molecule has 0 unspecified atom stereocenters. The molecule has 1 aliphatic rings. The van der Waals surface area contributed by atoms with E-state index in [1.807, 2.05) is 62.3 Å². The first-order valence-electron chi connectivity index (χ1n) is 20.3. The highest BCUT2D eigenvalue weighted by Gasteiger charge is 2.24. The van der Waals surface area contributed by atoms with E-state index in [0.29, 0.717) is 65.4 Å². The fraction of sp³-hybridized carbons (Fsp3) is 0.714. The summed E-state index contributed by atoms with van der Waals surface area (Å²) in [5.74, 6) is 5.98. The number of ether oxygens (including phenoxy) is 1. The Morgan fingerprint density at radius 1 is 0.589 bits per heavy atom. The molecule has 0 spiro atoms. The fourth-order valence-corrected chi connectivity index (χ4v) is 5.07. The summed E-state index contributed by atoms with van der Waals surface area (Å²) in [5.41, 5.74) is 2.14. The quantitative estimate of drug-likeness (QED) is 0.152. The zero-order valence-corrected chi connectivity index (χ0v) is 39.2. The van der Waals surface area contributed by atoms with Crippen LogP contribution in [0.25, 0.3) is 0 Å². The minimum Gasteiger partial charge on any atom is -0.425 e. The molecule has 0 fully saturated rings. The van der Waals surface area contributed by atoms with Crippen molar-refractivity contribution in [2.75, 3.05) is 0 Å². The third-order valence-electron chi connectivity index (χ3n) is 7.94. The van der Waals surface area contributed by atoms with Gasteiger partial charge in [0.25, 0.3) is 0 Å². The van der Waals surface area contributed by atoms with Crippen LogP contribution < -0.4 is 0 Å². The summed E-state index contributed by atoms with van der Waals surface area (Å²) in [6, 6.07) is 1.09. The molecule has 0 N–H and O–H groups in total. The maximum absolute atomic E-state index is 5.38. The van der Waals surface area contributed by atoms with Gasteiger partial charge in [-0.2, -0.15) is 15.0 Å². The number of rotatable bonds is 10. The standard InChI is InChI=1S/C9H16N2O.C9H15NS.2C8H15N3.C8H14N2O/c1-6(2)9-10-11(7(3)4)8(5)12-9;1-6(2)8-5-10-9(11-8)7(3)4;1-6(2)8-5-11(7(3)4)10-9-8;1-6(2)8-5-9-11(10-8)7(3)4;1-5(2)7-9-10-8(11-7)6(3)4/h6-7H,5H2,1-4H3;3*5-7H,1-4H3;5-6H,1-4H3.